The molecule has 4 aromatic rings. The molecule has 0 spiro atoms. The molecule has 6 rings (SSSR count). The largest absolute Gasteiger partial charge is 0.326 e. The van der Waals surface area contributed by atoms with Crippen LogP contribution in [-0.4, -0.2) is 37.8 Å². The number of rotatable bonds is 5. The molecule has 6 nitrogen and oxygen atoms in total. The Kier molecular flexibility index (Phi) is 6.20. The first-order chi connectivity index (χ1) is 18.5. The summed E-state index contributed by atoms with van der Waals surface area (Å²) in [6.07, 6.45) is 4.38. The number of nitrogens with zero attached hydrogens (tertiary/aromatic N) is 4. The molecule has 2 aliphatic heterocycles. The van der Waals surface area contributed by atoms with E-state index in [2.05, 4.69) is 66.3 Å². The zero-order chi connectivity index (χ0) is 26.4. The standard InChI is InChI=1S/C32H32N4O2/c1-21(2)34-20-18-33-31(34)30(37)27-28(24-15-13-22(3)14-16-24)36(32(38)25-10-5-4-6-11-25)35-19-17-23-9-7-8-12-26(23)29(27)35/h4-16,18,20-21,27-29H,17,19H2,1-3H3/t27-,28-,29+/m1/s1. The third-order valence-electron chi connectivity index (χ3n) is 7.92. The number of aryl methyl sites for hydroxylation is 1. The third kappa shape index (κ3) is 3.96. The summed E-state index contributed by atoms with van der Waals surface area (Å²) >= 11 is 0. The van der Waals surface area contributed by atoms with Gasteiger partial charge in [0.05, 0.1) is 18.0 Å². The third-order valence-corrected chi connectivity index (χ3v) is 7.92. The van der Waals surface area contributed by atoms with E-state index in [9.17, 15) is 9.59 Å². The maximum Gasteiger partial charge on any atom is 0.268 e. The molecule has 192 valence electrons. The normalized spacial score (nSPS) is 20.8. The summed E-state index contributed by atoms with van der Waals surface area (Å²) in [7, 11) is 0. The Balaban J connectivity index is 1.57. The molecule has 1 fully saturated rings. The number of carbonyl (C=O) groups is 2. The smallest absolute Gasteiger partial charge is 0.268 e. The fourth-order valence-corrected chi connectivity index (χ4v) is 6.11. The molecule has 0 saturated carbocycles. The average molecular weight is 505 g/mol. The average Bonchev–Trinajstić information content (AvgIpc) is 3.57. The molecule has 0 aliphatic carbocycles. The van der Waals surface area contributed by atoms with E-state index in [1.807, 2.05) is 59.1 Å². The van der Waals surface area contributed by atoms with Gasteiger partial charge in [-0.1, -0.05) is 72.3 Å². The maximum absolute atomic E-state index is 14.6. The number of aromatic nitrogens is 2. The van der Waals surface area contributed by atoms with Crippen molar-refractivity contribution in [2.45, 2.75) is 45.3 Å². The Morgan fingerprint density at radius 1 is 0.895 bits per heavy atom. The van der Waals surface area contributed by atoms with E-state index in [4.69, 9.17) is 0 Å². The second kappa shape index (κ2) is 9.69. The molecule has 1 saturated heterocycles. The van der Waals surface area contributed by atoms with Crippen molar-refractivity contribution >= 4 is 11.7 Å². The van der Waals surface area contributed by atoms with Crippen LogP contribution in [0.15, 0.2) is 91.3 Å². The number of benzene rings is 3. The van der Waals surface area contributed by atoms with Gasteiger partial charge in [0.15, 0.2) is 5.82 Å². The van der Waals surface area contributed by atoms with E-state index < -0.39 is 12.0 Å². The summed E-state index contributed by atoms with van der Waals surface area (Å²) in [5.41, 5.74) is 5.04. The van der Waals surface area contributed by atoms with Crippen molar-refractivity contribution in [1.29, 1.82) is 0 Å². The summed E-state index contributed by atoms with van der Waals surface area (Å²) in [6.45, 7) is 6.81. The number of imidazole rings is 1. The number of hydrazine groups is 1. The molecule has 0 bridgehead atoms. The zero-order valence-corrected chi connectivity index (χ0v) is 22.0. The van der Waals surface area contributed by atoms with E-state index in [0.717, 1.165) is 23.1 Å². The van der Waals surface area contributed by atoms with Crippen LogP contribution in [0.1, 0.15) is 75.2 Å². The highest BCUT2D eigenvalue weighted by atomic mass is 16.2. The van der Waals surface area contributed by atoms with Gasteiger partial charge in [-0.2, -0.15) is 0 Å². The molecule has 1 aromatic heterocycles. The van der Waals surface area contributed by atoms with Crippen molar-refractivity contribution in [2.24, 2.45) is 5.92 Å². The number of hydrogen-bond donors (Lipinski definition) is 0. The molecular weight excluding hydrogens is 472 g/mol. The molecule has 38 heavy (non-hydrogen) atoms. The predicted molar refractivity (Wildman–Crippen MR) is 147 cm³/mol. The maximum atomic E-state index is 14.6. The lowest BCUT2D eigenvalue weighted by Gasteiger charge is -2.38. The molecule has 0 N–H and O–H groups in total. The van der Waals surface area contributed by atoms with Crippen LogP contribution < -0.4 is 0 Å². The predicted octanol–water partition coefficient (Wildman–Crippen LogP) is 5.98. The molecule has 1 amide bonds. The van der Waals surface area contributed by atoms with E-state index in [-0.39, 0.29) is 23.8 Å². The van der Waals surface area contributed by atoms with Crippen molar-refractivity contribution in [3.8, 4) is 0 Å². The lowest BCUT2D eigenvalue weighted by atomic mass is 9.79. The van der Waals surface area contributed by atoms with Gasteiger partial charge in [0.2, 0.25) is 5.78 Å². The van der Waals surface area contributed by atoms with Crippen LogP contribution in [0, 0.1) is 12.8 Å². The summed E-state index contributed by atoms with van der Waals surface area (Å²) in [6, 6.07) is 25.3. The van der Waals surface area contributed by atoms with Crippen LogP contribution in [-0.2, 0) is 6.42 Å². The first-order valence-corrected chi connectivity index (χ1v) is 13.3. The minimum absolute atomic E-state index is 0.0376. The second-order valence-corrected chi connectivity index (χ2v) is 10.6. The molecule has 6 heteroatoms. The molecule has 3 aromatic carbocycles. The first kappa shape index (κ1) is 24.3. The van der Waals surface area contributed by atoms with Gasteiger partial charge in [-0.15, -0.1) is 0 Å². The Hall–Kier alpha value is -4.03. The Labute approximate surface area is 223 Å². The van der Waals surface area contributed by atoms with E-state index in [1.54, 1.807) is 6.20 Å². The fraction of sp³-hybridized carbons (Fsp3) is 0.281. The van der Waals surface area contributed by atoms with Gasteiger partial charge in [0.1, 0.15) is 0 Å². The quantitative estimate of drug-likeness (QED) is 0.314. The fourth-order valence-electron chi connectivity index (χ4n) is 6.11. The van der Waals surface area contributed by atoms with E-state index in [0.29, 0.717) is 17.9 Å². The molecular formula is C32H32N4O2. The molecule has 3 atom stereocenters. The minimum atomic E-state index is -0.522. The summed E-state index contributed by atoms with van der Waals surface area (Å²) in [4.78, 5) is 33.4. The van der Waals surface area contributed by atoms with E-state index in [1.165, 1.54) is 5.56 Å². The van der Waals surface area contributed by atoms with Gasteiger partial charge in [0.25, 0.3) is 5.91 Å². The van der Waals surface area contributed by atoms with Crippen LogP contribution in [0.5, 0.6) is 0 Å². The van der Waals surface area contributed by atoms with Crippen LogP contribution in [0.3, 0.4) is 0 Å². The Bertz CT molecular complexity index is 1470. The number of amides is 1. The topological polar surface area (TPSA) is 58.4 Å². The van der Waals surface area contributed by atoms with Crippen LogP contribution in [0.2, 0.25) is 0 Å². The molecule has 2 aliphatic rings. The van der Waals surface area contributed by atoms with Crippen LogP contribution >= 0.6 is 0 Å². The van der Waals surface area contributed by atoms with Crippen LogP contribution in [0.25, 0.3) is 0 Å². The van der Waals surface area contributed by atoms with Gasteiger partial charge in [0, 0.05) is 30.5 Å². The second-order valence-electron chi connectivity index (χ2n) is 10.6. The molecule has 0 radical (unpaired) electrons. The molecule has 3 heterocycles. The van der Waals surface area contributed by atoms with Gasteiger partial charge in [-0.3, -0.25) is 14.6 Å². The van der Waals surface area contributed by atoms with Crippen molar-refractivity contribution in [2.75, 3.05) is 6.54 Å². The summed E-state index contributed by atoms with van der Waals surface area (Å²) in [5, 5.41) is 4.01. The highest BCUT2D eigenvalue weighted by molar-refractivity contribution is 5.99. The van der Waals surface area contributed by atoms with Gasteiger partial charge < -0.3 is 4.57 Å². The zero-order valence-electron chi connectivity index (χ0n) is 22.0. The van der Waals surface area contributed by atoms with Crippen molar-refractivity contribution in [1.82, 2.24) is 19.6 Å². The Morgan fingerprint density at radius 2 is 1.61 bits per heavy atom. The number of hydrogen-bond acceptors (Lipinski definition) is 4. The van der Waals surface area contributed by atoms with Crippen molar-refractivity contribution in [3.05, 3.63) is 125 Å². The SMILES string of the molecule is Cc1ccc([C@@H]2[C@@H](C(=O)c3nccn3C(C)C)[C@@H]3c4ccccc4CCN3N2C(=O)c2ccccc2)cc1. The number of Topliss-reactive ketones (excluding diaryl/α,β-unsaturated/α-hetero) is 1. The highest BCUT2D eigenvalue weighted by Crippen LogP contribution is 2.52. The minimum Gasteiger partial charge on any atom is -0.326 e. The lowest BCUT2D eigenvalue weighted by Crippen LogP contribution is -2.45. The van der Waals surface area contributed by atoms with E-state index >= 15 is 0 Å². The lowest BCUT2D eigenvalue weighted by molar-refractivity contribution is -0.0157. The van der Waals surface area contributed by atoms with Crippen molar-refractivity contribution < 1.29 is 9.59 Å². The summed E-state index contributed by atoms with van der Waals surface area (Å²) in [5.74, 6) is -0.210. The van der Waals surface area contributed by atoms with Gasteiger partial charge >= 0.3 is 0 Å². The number of ketones is 1. The van der Waals surface area contributed by atoms with Gasteiger partial charge in [-0.05, 0) is 56.0 Å². The Morgan fingerprint density at radius 3 is 2.34 bits per heavy atom. The molecule has 0 unspecified atom stereocenters. The number of carbonyl (C=O) groups excluding carboxylic acids is 2. The summed E-state index contributed by atoms with van der Waals surface area (Å²) < 4.78 is 1.94. The highest BCUT2D eigenvalue weighted by Gasteiger charge is 2.56. The van der Waals surface area contributed by atoms with Crippen LogP contribution in [0.4, 0.5) is 0 Å². The van der Waals surface area contributed by atoms with Gasteiger partial charge in [-0.25, -0.2) is 9.99 Å². The first-order valence-electron chi connectivity index (χ1n) is 13.3. The monoisotopic (exact) mass is 504 g/mol. The number of fused-ring (bicyclic) bond motifs is 3. The van der Waals surface area contributed by atoms with Crippen molar-refractivity contribution in [3.63, 3.8) is 0 Å².